The molecule has 4 heteroatoms. The highest BCUT2D eigenvalue weighted by Crippen LogP contribution is 2.17. The number of hydrogen-bond donors (Lipinski definition) is 2. The molecule has 0 aliphatic heterocycles. The number of para-hydroxylation sites is 1. The minimum Gasteiger partial charge on any atom is -0.530 e. The number of carboxylic acid groups (broad SMARTS) is 1. The summed E-state index contributed by atoms with van der Waals surface area (Å²) < 4.78 is 0. The maximum Gasteiger partial charge on any atom is 0.134 e. The minimum absolute atomic E-state index is 0.379. The van der Waals surface area contributed by atoms with E-state index in [4.69, 9.17) is 0 Å². The first-order valence-electron chi connectivity index (χ1n) is 4.77. The highest BCUT2D eigenvalue weighted by Gasteiger charge is 2.01. The first kappa shape index (κ1) is 9.58. The van der Waals surface area contributed by atoms with E-state index < -0.39 is 6.09 Å². The summed E-state index contributed by atoms with van der Waals surface area (Å²) in [7, 11) is 0. The second-order valence-electron chi connectivity index (χ2n) is 3.32. The van der Waals surface area contributed by atoms with Crippen LogP contribution in [-0.2, 0) is 6.42 Å². The Morgan fingerprint density at radius 1 is 1.40 bits per heavy atom. The van der Waals surface area contributed by atoms with Gasteiger partial charge in [-0.3, -0.25) is 0 Å². The molecule has 2 rings (SSSR count). The third-order valence-electron chi connectivity index (χ3n) is 2.34. The Morgan fingerprint density at radius 2 is 2.20 bits per heavy atom. The predicted molar refractivity (Wildman–Crippen MR) is 55.4 cm³/mol. The van der Waals surface area contributed by atoms with Crippen LogP contribution in [0, 0.1) is 0 Å². The largest absolute Gasteiger partial charge is 0.530 e. The Kier molecular flexibility index (Phi) is 2.58. The van der Waals surface area contributed by atoms with Crippen LogP contribution in [0.15, 0.2) is 30.5 Å². The maximum absolute atomic E-state index is 10.2. The second-order valence-corrected chi connectivity index (χ2v) is 3.32. The smallest absolute Gasteiger partial charge is 0.134 e. The van der Waals surface area contributed by atoms with Crippen LogP contribution in [0.2, 0.25) is 0 Å². The lowest BCUT2D eigenvalue weighted by Crippen LogP contribution is -2.37. The summed E-state index contributed by atoms with van der Waals surface area (Å²) in [6.07, 6.45) is 1.34. The fraction of sp³-hybridized carbons (Fsp3) is 0.182. The van der Waals surface area contributed by atoms with Crippen LogP contribution >= 0.6 is 0 Å². The van der Waals surface area contributed by atoms with Crippen LogP contribution in [0.3, 0.4) is 0 Å². The molecule has 1 heterocycles. The molecule has 0 aliphatic carbocycles. The molecule has 0 atom stereocenters. The van der Waals surface area contributed by atoms with Crippen molar-refractivity contribution in [2.45, 2.75) is 6.42 Å². The Hall–Kier alpha value is -1.97. The minimum atomic E-state index is -1.23. The zero-order chi connectivity index (χ0) is 10.7. The molecular weight excluding hydrogens is 192 g/mol. The molecule has 2 N–H and O–H groups in total. The van der Waals surface area contributed by atoms with Crippen LogP contribution in [-0.4, -0.2) is 17.6 Å². The number of H-pyrrole nitrogens is 1. The predicted octanol–water partition coefficient (Wildman–Crippen LogP) is 0.643. The fourth-order valence-electron chi connectivity index (χ4n) is 1.64. The number of hydrogen-bond acceptors (Lipinski definition) is 2. The van der Waals surface area contributed by atoms with E-state index in [0.717, 1.165) is 16.5 Å². The van der Waals surface area contributed by atoms with E-state index in [1.807, 2.05) is 30.5 Å². The van der Waals surface area contributed by atoms with Gasteiger partial charge in [0.05, 0.1) is 0 Å². The lowest BCUT2D eigenvalue weighted by molar-refractivity contribution is -0.250. The molecule has 0 aliphatic rings. The quantitative estimate of drug-likeness (QED) is 0.768. The topological polar surface area (TPSA) is 67.9 Å². The average Bonchev–Trinajstić information content (AvgIpc) is 2.62. The third-order valence-corrected chi connectivity index (χ3v) is 2.34. The van der Waals surface area contributed by atoms with Gasteiger partial charge < -0.3 is 20.2 Å². The van der Waals surface area contributed by atoms with E-state index in [2.05, 4.69) is 10.3 Å². The van der Waals surface area contributed by atoms with Gasteiger partial charge in [-0.1, -0.05) is 18.2 Å². The van der Waals surface area contributed by atoms with Crippen LogP contribution in [0.4, 0.5) is 4.79 Å². The number of fused-ring (bicyclic) bond motifs is 1. The van der Waals surface area contributed by atoms with Crippen molar-refractivity contribution in [3.8, 4) is 0 Å². The molecule has 1 aromatic carbocycles. The van der Waals surface area contributed by atoms with Crippen molar-refractivity contribution in [2.75, 3.05) is 6.54 Å². The van der Waals surface area contributed by atoms with Crippen LogP contribution < -0.4 is 10.4 Å². The molecular formula is C11H11N2O2-. The van der Waals surface area contributed by atoms with Gasteiger partial charge in [-0.25, -0.2) is 0 Å². The number of aromatic amines is 1. The van der Waals surface area contributed by atoms with E-state index >= 15 is 0 Å². The van der Waals surface area contributed by atoms with Gasteiger partial charge in [-0.15, -0.1) is 0 Å². The second kappa shape index (κ2) is 4.04. The van der Waals surface area contributed by atoms with Gasteiger partial charge in [0, 0.05) is 23.6 Å². The molecule has 0 saturated heterocycles. The molecule has 0 radical (unpaired) electrons. The van der Waals surface area contributed by atoms with E-state index in [-0.39, 0.29) is 0 Å². The first-order valence-corrected chi connectivity index (χ1v) is 4.77. The Morgan fingerprint density at radius 3 is 3.00 bits per heavy atom. The number of carbonyl (C=O) groups is 1. The van der Waals surface area contributed by atoms with Crippen molar-refractivity contribution >= 4 is 17.0 Å². The highest BCUT2D eigenvalue weighted by atomic mass is 16.4. The number of nitrogens with one attached hydrogen (secondary N) is 2. The normalized spacial score (nSPS) is 10.4. The van der Waals surface area contributed by atoms with Gasteiger partial charge in [0.2, 0.25) is 0 Å². The average molecular weight is 203 g/mol. The monoisotopic (exact) mass is 203 g/mol. The zero-order valence-corrected chi connectivity index (χ0v) is 8.12. The Labute approximate surface area is 86.9 Å². The molecule has 15 heavy (non-hydrogen) atoms. The van der Waals surface area contributed by atoms with Gasteiger partial charge >= 0.3 is 0 Å². The summed E-state index contributed by atoms with van der Waals surface area (Å²) in [6.45, 7) is 0.379. The molecule has 4 nitrogen and oxygen atoms in total. The molecule has 0 saturated carbocycles. The van der Waals surface area contributed by atoms with E-state index in [1.54, 1.807) is 0 Å². The number of benzene rings is 1. The van der Waals surface area contributed by atoms with Gasteiger partial charge in [-0.2, -0.15) is 0 Å². The summed E-state index contributed by atoms with van der Waals surface area (Å²) in [6, 6.07) is 7.93. The number of aromatic nitrogens is 1. The molecule has 0 fully saturated rings. The third kappa shape index (κ3) is 2.10. The highest BCUT2D eigenvalue weighted by molar-refractivity contribution is 5.83. The zero-order valence-electron chi connectivity index (χ0n) is 8.12. The summed E-state index contributed by atoms with van der Waals surface area (Å²) in [4.78, 5) is 13.3. The molecule has 0 bridgehead atoms. The van der Waals surface area contributed by atoms with Crippen molar-refractivity contribution in [3.05, 3.63) is 36.0 Å². The summed E-state index contributed by atoms with van der Waals surface area (Å²) >= 11 is 0. The van der Waals surface area contributed by atoms with E-state index in [1.165, 1.54) is 0 Å². The lowest BCUT2D eigenvalue weighted by atomic mass is 10.1. The van der Waals surface area contributed by atoms with Crippen LogP contribution in [0.5, 0.6) is 0 Å². The van der Waals surface area contributed by atoms with E-state index in [0.29, 0.717) is 13.0 Å². The number of carbonyl (C=O) groups excluding carboxylic acids is 1. The van der Waals surface area contributed by atoms with Crippen LogP contribution in [0.25, 0.3) is 10.9 Å². The SMILES string of the molecule is O=C([O-])NCCc1c[nH]c2ccccc12. The lowest BCUT2D eigenvalue weighted by Gasteiger charge is -2.04. The van der Waals surface area contributed by atoms with Crippen molar-refractivity contribution in [2.24, 2.45) is 0 Å². The molecule has 1 amide bonds. The molecule has 2 aromatic rings. The number of rotatable bonds is 3. The van der Waals surface area contributed by atoms with Crippen molar-refractivity contribution < 1.29 is 9.90 Å². The van der Waals surface area contributed by atoms with Gasteiger partial charge in [0.25, 0.3) is 0 Å². The summed E-state index contributed by atoms with van der Waals surface area (Å²) in [5.74, 6) is 0. The summed E-state index contributed by atoms with van der Waals surface area (Å²) in [5.41, 5.74) is 2.18. The van der Waals surface area contributed by atoms with Crippen molar-refractivity contribution in [1.29, 1.82) is 0 Å². The maximum atomic E-state index is 10.2. The standard InChI is InChI=1S/C11H12N2O2/c14-11(15)12-6-5-8-7-13-10-4-2-1-3-9(8)10/h1-4,7,12-13H,5-6H2,(H,14,15)/p-1. The Balaban J connectivity index is 2.11. The van der Waals surface area contributed by atoms with Crippen molar-refractivity contribution in [1.82, 2.24) is 10.3 Å². The Bertz CT molecular complexity index is 476. The molecule has 0 spiro atoms. The molecule has 0 unspecified atom stereocenters. The summed E-state index contributed by atoms with van der Waals surface area (Å²) in [5, 5.41) is 13.5. The number of amides is 1. The molecule has 1 aromatic heterocycles. The van der Waals surface area contributed by atoms with Gasteiger partial charge in [0.1, 0.15) is 6.09 Å². The van der Waals surface area contributed by atoms with Gasteiger partial charge in [-0.05, 0) is 18.1 Å². The van der Waals surface area contributed by atoms with Gasteiger partial charge in [0.15, 0.2) is 0 Å². The van der Waals surface area contributed by atoms with Crippen molar-refractivity contribution in [3.63, 3.8) is 0 Å². The fourth-order valence-corrected chi connectivity index (χ4v) is 1.64. The molecule has 78 valence electrons. The first-order chi connectivity index (χ1) is 7.27. The van der Waals surface area contributed by atoms with Crippen LogP contribution in [0.1, 0.15) is 5.56 Å². The van der Waals surface area contributed by atoms with E-state index in [9.17, 15) is 9.90 Å².